The fraction of sp³-hybridized carbons (Fsp3) is 0.591. The second kappa shape index (κ2) is 7.67. The zero-order valence-electron chi connectivity index (χ0n) is 17.4. The van der Waals surface area contributed by atoms with Crippen LogP contribution in [0.5, 0.6) is 0 Å². The molecule has 3 heterocycles. The molecule has 2 bridgehead atoms. The molecule has 3 aliphatic heterocycles. The fourth-order valence-electron chi connectivity index (χ4n) is 5.65. The van der Waals surface area contributed by atoms with E-state index in [1.54, 1.807) is 7.05 Å². The highest BCUT2D eigenvalue weighted by Gasteiger charge is 2.77. The van der Waals surface area contributed by atoms with Gasteiger partial charge in [0.15, 0.2) is 0 Å². The van der Waals surface area contributed by atoms with Gasteiger partial charge in [-0.05, 0) is 31.7 Å². The Morgan fingerprint density at radius 3 is 2.63 bits per heavy atom. The van der Waals surface area contributed by atoms with E-state index >= 15 is 0 Å². The zero-order valence-corrected chi connectivity index (χ0v) is 17.4. The summed E-state index contributed by atoms with van der Waals surface area (Å²) in [5, 5.41) is 14.9. The van der Waals surface area contributed by atoms with E-state index in [1.165, 1.54) is 4.90 Å². The highest BCUT2D eigenvalue weighted by atomic mass is 16.5. The third-order valence-corrected chi connectivity index (χ3v) is 6.92. The normalized spacial score (nSPS) is 34.2. The molecular weight excluding hydrogens is 386 g/mol. The minimum atomic E-state index is -1.01. The minimum Gasteiger partial charge on any atom is -0.396 e. The van der Waals surface area contributed by atoms with Crippen LogP contribution in [-0.4, -0.2) is 65.2 Å². The maximum atomic E-state index is 13.4. The van der Waals surface area contributed by atoms with Crippen molar-refractivity contribution < 1.29 is 24.2 Å². The van der Waals surface area contributed by atoms with Crippen molar-refractivity contribution in [2.24, 2.45) is 11.8 Å². The molecule has 4 rings (SSSR count). The van der Waals surface area contributed by atoms with Crippen LogP contribution >= 0.6 is 0 Å². The Kier molecular flexibility index (Phi) is 5.32. The van der Waals surface area contributed by atoms with E-state index in [2.05, 4.69) is 10.6 Å². The van der Waals surface area contributed by atoms with Crippen molar-refractivity contribution in [3.05, 3.63) is 35.9 Å². The Morgan fingerprint density at radius 2 is 1.97 bits per heavy atom. The summed E-state index contributed by atoms with van der Waals surface area (Å²) < 4.78 is 6.43. The second-order valence-corrected chi connectivity index (χ2v) is 8.65. The molecule has 30 heavy (non-hydrogen) atoms. The van der Waals surface area contributed by atoms with E-state index in [-0.39, 0.29) is 30.9 Å². The quantitative estimate of drug-likeness (QED) is 0.590. The molecule has 3 N–H and O–H groups in total. The molecule has 1 spiro atoms. The zero-order chi connectivity index (χ0) is 21.5. The van der Waals surface area contributed by atoms with Crippen molar-refractivity contribution >= 4 is 17.7 Å². The van der Waals surface area contributed by atoms with Crippen molar-refractivity contribution in [3.8, 4) is 0 Å². The third-order valence-electron chi connectivity index (χ3n) is 6.92. The van der Waals surface area contributed by atoms with E-state index in [4.69, 9.17) is 4.74 Å². The lowest BCUT2D eigenvalue weighted by Gasteiger charge is -2.33. The number of fused-ring (bicyclic) bond motifs is 1. The Morgan fingerprint density at radius 1 is 1.23 bits per heavy atom. The molecule has 1 aromatic carbocycles. The van der Waals surface area contributed by atoms with Crippen LogP contribution in [0.3, 0.4) is 0 Å². The lowest BCUT2D eigenvalue weighted by atomic mass is 9.66. The predicted molar refractivity (Wildman–Crippen MR) is 108 cm³/mol. The van der Waals surface area contributed by atoms with Gasteiger partial charge in [-0.3, -0.25) is 14.4 Å². The summed E-state index contributed by atoms with van der Waals surface area (Å²) in [6.45, 7) is 2.37. The number of carbonyl (C=O) groups is 3. The van der Waals surface area contributed by atoms with Crippen LogP contribution in [-0.2, 0) is 25.7 Å². The molecule has 8 heteroatoms. The molecule has 0 aromatic heterocycles. The van der Waals surface area contributed by atoms with Gasteiger partial charge < -0.3 is 25.4 Å². The maximum absolute atomic E-state index is 13.4. The van der Waals surface area contributed by atoms with Gasteiger partial charge in [0, 0.05) is 26.7 Å². The number of aliphatic hydroxyl groups excluding tert-OH is 1. The Labute approximate surface area is 176 Å². The lowest BCUT2D eigenvalue weighted by Crippen LogP contribution is -2.55. The first kappa shape index (κ1) is 20.8. The van der Waals surface area contributed by atoms with Gasteiger partial charge in [0.05, 0.1) is 17.4 Å². The summed E-state index contributed by atoms with van der Waals surface area (Å²) in [7, 11) is 1.55. The van der Waals surface area contributed by atoms with Crippen LogP contribution in [0.4, 0.5) is 0 Å². The van der Waals surface area contributed by atoms with Crippen molar-refractivity contribution in [2.75, 3.05) is 20.2 Å². The average molecular weight is 415 g/mol. The van der Waals surface area contributed by atoms with Crippen LogP contribution < -0.4 is 10.6 Å². The predicted octanol–water partition coefficient (Wildman–Crippen LogP) is 0.196. The van der Waals surface area contributed by atoms with E-state index in [0.29, 0.717) is 25.8 Å². The van der Waals surface area contributed by atoms with Gasteiger partial charge in [-0.15, -0.1) is 0 Å². The number of benzene rings is 1. The third kappa shape index (κ3) is 3.01. The molecule has 3 saturated heterocycles. The summed E-state index contributed by atoms with van der Waals surface area (Å²) in [6.07, 6.45) is 1.52. The summed E-state index contributed by atoms with van der Waals surface area (Å²) >= 11 is 0. The first-order chi connectivity index (χ1) is 14.4. The number of aliphatic hydroxyl groups is 1. The molecule has 162 valence electrons. The van der Waals surface area contributed by atoms with Crippen molar-refractivity contribution in [3.63, 3.8) is 0 Å². The molecule has 3 aliphatic rings. The monoisotopic (exact) mass is 415 g/mol. The number of amides is 3. The number of likely N-dealkylation sites (tertiary alicyclic amines) is 1. The summed E-state index contributed by atoms with van der Waals surface area (Å²) in [4.78, 5) is 41.0. The molecule has 5 atom stereocenters. The van der Waals surface area contributed by atoms with Crippen LogP contribution in [0, 0.1) is 11.8 Å². The molecule has 3 amide bonds. The molecular formula is C22H29N3O5. The largest absolute Gasteiger partial charge is 0.396 e. The van der Waals surface area contributed by atoms with Crippen molar-refractivity contribution in [2.45, 2.75) is 50.0 Å². The first-order valence-electron chi connectivity index (χ1n) is 10.5. The molecule has 1 aromatic rings. The number of ether oxygens (including phenoxy) is 1. The highest BCUT2D eigenvalue weighted by molar-refractivity contribution is 5.99. The number of nitrogens with zero attached hydrogens (tertiary/aromatic N) is 1. The lowest BCUT2D eigenvalue weighted by molar-refractivity contribution is -0.146. The fourth-order valence-corrected chi connectivity index (χ4v) is 5.65. The Balaban J connectivity index is 1.66. The summed E-state index contributed by atoms with van der Waals surface area (Å²) in [5.74, 6) is -2.07. The Hall–Kier alpha value is -2.45. The van der Waals surface area contributed by atoms with Gasteiger partial charge >= 0.3 is 0 Å². The van der Waals surface area contributed by atoms with Crippen LogP contribution in [0.2, 0.25) is 0 Å². The van der Waals surface area contributed by atoms with E-state index in [9.17, 15) is 19.5 Å². The number of rotatable bonds is 7. The SMILES string of the molecule is CNC(=O)[C@@H]1[C@H]2C(=O)N(CCCO)C(C(=O)NCc3ccccc3)C23CC[C@@]1(C)O3. The van der Waals surface area contributed by atoms with Crippen LogP contribution in [0.1, 0.15) is 31.7 Å². The van der Waals surface area contributed by atoms with Crippen LogP contribution in [0.15, 0.2) is 30.3 Å². The number of hydrogen-bond donors (Lipinski definition) is 3. The molecule has 8 nitrogen and oxygen atoms in total. The van der Waals surface area contributed by atoms with Gasteiger partial charge in [0.2, 0.25) is 17.7 Å². The van der Waals surface area contributed by atoms with Crippen molar-refractivity contribution in [1.29, 1.82) is 0 Å². The van der Waals surface area contributed by atoms with Crippen molar-refractivity contribution in [1.82, 2.24) is 15.5 Å². The first-order valence-corrected chi connectivity index (χ1v) is 10.5. The van der Waals surface area contributed by atoms with Gasteiger partial charge in [-0.2, -0.15) is 0 Å². The molecule has 0 saturated carbocycles. The number of carbonyl (C=O) groups excluding carboxylic acids is 3. The van der Waals surface area contributed by atoms with Gasteiger partial charge in [-0.1, -0.05) is 30.3 Å². The average Bonchev–Trinajstić information content (AvgIpc) is 3.31. The smallest absolute Gasteiger partial charge is 0.246 e. The maximum Gasteiger partial charge on any atom is 0.246 e. The molecule has 3 fully saturated rings. The van der Waals surface area contributed by atoms with E-state index in [1.807, 2.05) is 37.3 Å². The van der Waals surface area contributed by atoms with Gasteiger partial charge in [-0.25, -0.2) is 0 Å². The number of hydrogen-bond acceptors (Lipinski definition) is 5. The summed E-state index contributed by atoms with van der Waals surface area (Å²) in [5.41, 5.74) is -0.821. The molecule has 0 aliphatic carbocycles. The van der Waals surface area contributed by atoms with Gasteiger partial charge in [0.25, 0.3) is 0 Å². The Bertz CT molecular complexity index is 846. The van der Waals surface area contributed by atoms with Crippen LogP contribution in [0.25, 0.3) is 0 Å². The standard InChI is InChI=1S/C22H29N3O5/c1-21-9-10-22(30-21)16(15(21)18(27)23-2)20(29)25(11-6-12-26)17(22)19(28)24-13-14-7-4-3-5-8-14/h3-5,7-8,15-17,26H,6,9-13H2,1-2H3,(H,23,27)(H,24,28)/t15-,16-,17?,21+,22?/m0/s1. The molecule has 2 unspecified atom stereocenters. The van der Waals surface area contributed by atoms with Gasteiger partial charge in [0.1, 0.15) is 11.6 Å². The molecule has 0 radical (unpaired) electrons. The topological polar surface area (TPSA) is 108 Å². The number of nitrogens with one attached hydrogen (secondary N) is 2. The summed E-state index contributed by atoms with van der Waals surface area (Å²) in [6, 6.07) is 8.74. The highest BCUT2D eigenvalue weighted by Crippen LogP contribution is 2.63. The van der Waals surface area contributed by atoms with E-state index in [0.717, 1.165) is 5.56 Å². The second-order valence-electron chi connectivity index (χ2n) is 8.65. The minimum absolute atomic E-state index is 0.0861. The van der Waals surface area contributed by atoms with E-state index < -0.39 is 29.1 Å².